The Hall–Kier alpha value is -3.35. The van der Waals surface area contributed by atoms with Crippen molar-refractivity contribution in [3.05, 3.63) is 107 Å². The minimum Gasteiger partial charge on any atom is -0.347 e. The number of aryl methyl sites for hydroxylation is 1. The average Bonchev–Trinajstić information content (AvgIpc) is 3.15. The summed E-state index contributed by atoms with van der Waals surface area (Å²) in [5.41, 5.74) is 5.85. The summed E-state index contributed by atoms with van der Waals surface area (Å²) in [6.07, 6.45) is 2.88. The highest BCUT2D eigenvalue weighted by atomic mass is 15.1. The molecule has 3 nitrogen and oxygen atoms in total. The normalized spacial score (nSPS) is 14.2. The van der Waals surface area contributed by atoms with Crippen LogP contribution in [-0.2, 0) is 25.4 Å². The smallest absolute Gasteiger partial charge is 0.107 e. The molecule has 32 heavy (non-hydrogen) atoms. The highest BCUT2D eigenvalue weighted by Crippen LogP contribution is 2.37. The third-order valence-corrected chi connectivity index (χ3v) is 7.14. The molecule has 1 aliphatic heterocycles. The minimum absolute atomic E-state index is 0.608. The first-order valence-corrected chi connectivity index (χ1v) is 11.5. The Morgan fingerprint density at radius 1 is 0.875 bits per heavy atom. The van der Waals surface area contributed by atoms with Gasteiger partial charge in [0, 0.05) is 43.2 Å². The number of fused-ring (bicyclic) bond motifs is 3. The molecule has 0 radical (unpaired) electrons. The van der Waals surface area contributed by atoms with E-state index in [1.54, 1.807) is 0 Å². The first-order chi connectivity index (χ1) is 15.7. The van der Waals surface area contributed by atoms with Gasteiger partial charge in [0.15, 0.2) is 0 Å². The molecule has 4 aromatic rings. The van der Waals surface area contributed by atoms with E-state index in [2.05, 4.69) is 71.1 Å². The van der Waals surface area contributed by atoms with Gasteiger partial charge >= 0.3 is 0 Å². The van der Waals surface area contributed by atoms with Crippen LogP contribution < -0.4 is 0 Å². The van der Waals surface area contributed by atoms with Crippen LogP contribution in [0, 0.1) is 11.3 Å². The zero-order chi connectivity index (χ0) is 22.0. The summed E-state index contributed by atoms with van der Waals surface area (Å²) in [5.74, 6) is 0. The van der Waals surface area contributed by atoms with Crippen LogP contribution in [0.3, 0.4) is 0 Å². The second-order valence-electron chi connectivity index (χ2n) is 8.88. The van der Waals surface area contributed by atoms with Crippen molar-refractivity contribution in [1.82, 2.24) is 9.47 Å². The molecule has 0 saturated heterocycles. The Labute approximate surface area is 190 Å². The largest absolute Gasteiger partial charge is 0.347 e. The Bertz CT molecular complexity index is 1210. The quantitative estimate of drug-likeness (QED) is 0.394. The van der Waals surface area contributed by atoms with Crippen molar-refractivity contribution in [2.24, 2.45) is 7.05 Å². The molecule has 2 heterocycles. The molecule has 0 spiro atoms. The lowest BCUT2D eigenvalue weighted by molar-refractivity contribution is 0.243. The van der Waals surface area contributed by atoms with Crippen molar-refractivity contribution in [3.63, 3.8) is 0 Å². The molecule has 1 aromatic heterocycles. The first kappa shape index (κ1) is 20.5. The fourth-order valence-electron chi connectivity index (χ4n) is 5.43. The molecule has 0 aliphatic carbocycles. The van der Waals surface area contributed by atoms with Crippen molar-refractivity contribution in [1.29, 1.82) is 5.26 Å². The predicted octanol–water partition coefficient (Wildman–Crippen LogP) is 5.83. The van der Waals surface area contributed by atoms with Gasteiger partial charge in [-0.15, -0.1) is 0 Å². The Morgan fingerprint density at radius 3 is 2.16 bits per heavy atom. The van der Waals surface area contributed by atoms with Crippen LogP contribution in [-0.4, -0.2) is 22.6 Å². The number of para-hydroxylation sites is 1. The van der Waals surface area contributed by atoms with Crippen molar-refractivity contribution in [3.8, 4) is 6.07 Å². The zero-order valence-corrected chi connectivity index (χ0v) is 18.7. The number of nitrogens with zero attached hydrogens (tertiary/aromatic N) is 3. The van der Waals surface area contributed by atoms with E-state index in [9.17, 15) is 5.26 Å². The third kappa shape index (κ3) is 3.51. The fraction of sp³-hybridized carbons (Fsp3) is 0.276. The molecular weight excluding hydrogens is 390 g/mol. The molecule has 0 saturated carbocycles. The molecule has 5 rings (SSSR count). The van der Waals surface area contributed by atoms with E-state index in [0.29, 0.717) is 0 Å². The SMILES string of the molecule is Cn1c2c(c3ccccc31)CN(CCCC(C#N)(c1ccccc1)c1ccccc1)CC2. The summed E-state index contributed by atoms with van der Waals surface area (Å²) < 4.78 is 2.37. The van der Waals surface area contributed by atoms with E-state index >= 15 is 0 Å². The van der Waals surface area contributed by atoms with E-state index in [0.717, 1.165) is 50.0 Å². The number of hydrogen-bond donors (Lipinski definition) is 0. The maximum atomic E-state index is 10.4. The summed E-state index contributed by atoms with van der Waals surface area (Å²) in [6.45, 7) is 3.08. The van der Waals surface area contributed by atoms with Gasteiger partial charge < -0.3 is 4.57 Å². The van der Waals surface area contributed by atoms with Gasteiger partial charge in [-0.25, -0.2) is 0 Å². The van der Waals surface area contributed by atoms with Crippen LogP contribution in [0.4, 0.5) is 0 Å². The van der Waals surface area contributed by atoms with Gasteiger partial charge in [0.25, 0.3) is 0 Å². The predicted molar refractivity (Wildman–Crippen MR) is 130 cm³/mol. The summed E-state index contributed by atoms with van der Waals surface area (Å²) in [6, 6.07) is 32.0. The van der Waals surface area contributed by atoms with Gasteiger partial charge in [0.2, 0.25) is 0 Å². The number of hydrogen-bond acceptors (Lipinski definition) is 2. The number of benzene rings is 3. The fourth-order valence-corrected chi connectivity index (χ4v) is 5.43. The van der Waals surface area contributed by atoms with Gasteiger partial charge in [-0.2, -0.15) is 5.26 Å². The molecule has 0 amide bonds. The summed E-state index contributed by atoms with van der Waals surface area (Å²) in [4.78, 5) is 2.56. The van der Waals surface area contributed by atoms with Gasteiger partial charge in [-0.05, 0) is 42.1 Å². The third-order valence-electron chi connectivity index (χ3n) is 7.14. The Kier molecular flexibility index (Phi) is 5.55. The second kappa shape index (κ2) is 8.65. The van der Waals surface area contributed by atoms with Gasteiger partial charge in [0.1, 0.15) is 5.41 Å². The van der Waals surface area contributed by atoms with Crippen molar-refractivity contribution in [2.75, 3.05) is 13.1 Å². The summed E-state index contributed by atoms with van der Waals surface area (Å²) in [7, 11) is 2.19. The highest BCUT2D eigenvalue weighted by molar-refractivity contribution is 5.85. The lowest BCUT2D eigenvalue weighted by Crippen LogP contribution is -2.33. The van der Waals surface area contributed by atoms with E-state index in [4.69, 9.17) is 0 Å². The Balaban J connectivity index is 1.36. The van der Waals surface area contributed by atoms with Crippen LogP contribution in [0.25, 0.3) is 10.9 Å². The number of rotatable bonds is 6. The molecule has 3 heteroatoms. The van der Waals surface area contributed by atoms with Crippen LogP contribution >= 0.6 is 0 Å². The monoisotopic (exact) mass is 419 g/mol. The van der Waals surface area contributed by atoms with Gasteiger partial charge in [-0.1, -0.05) is 78.9 Å². The van der Waals surface area contributed by atoms with Crippen LogP contribution in [0.1, 0.15) is 35.2 Å². The molecule has 1 aliphatic rings. The molecule has 0 fully saturated rings. The van der Waals surface area contributed by atoms with E-state index in [1.807, 2.05) is 36.4 Å². The zero-order valence-electron chi connectivity index (χ0n) is 18.7. The van der Waals surface area contributed by atoms with Crippen molar-refractivity contribution >= 4 is 10.9 Å². The lowest BCUT2D eigenvalue weighted by atomic mass is 9.72. The molecule has 160 valence electrons. The maximum absolute atomic E-state index is 10.4. The van der Waals surface area contributed by atoms with Gasteiger partial charge in [-0.3, -0.25) is 4.90 Å². The minimum atomic E-state index is -0.608. The van der Waals surface area contributed by atoms with Crippen molar-refractivity contribution in [2.45, 2.75) is 31.2 Å². The average molecular weight is 420 g/mol. The standard InChI is InChI=1S/C29H29N3/c1-31-27-16-9-8-15-25(27)26-21-32(20-17-28(26)31)19-10-18-29(22-30,23-11-4-2-5-12-23)24-13-6-3-7-14-24/h2-9,11-16H,10,17-21H2,1H3. The first-order valence-electron chi connectivity index (χ1n) is 11.5. The molecule has 0 bridgehead atoms. The molecule has 3 aromatic carbocycles. The van der Waals surface area contributed by atoms with E-state index in [1.165, 1.54) is 22.2 Å². The van der Waals surface area contributed by atoms with Crippen LogP contribution in [0.15, 0.2) is 84.9 Å². The topological polar surface area (TPSA) is 32.0 Å². The maximum Gasteiger partial charge on any atom is 0.107 e. The summed E-state index contributed by atoms with van der Waals surface area (Å²) >= 11 is 0. The van der Waals surface area contributed by atoms with Gasteiger partial charge in [0.05, 0.1) is 6.07 Å². The number of aromatic nitrogens is 1. The summed E-state index contributed by atoms with van der Waals surface area (Å²) in [5, 5.41) is 11.8. The number of nitriles is 1. The highest BCUT2D eigenvalue weighted by Gasteiger charge is 2.34. The van der Waals surface area contributed by atoms with E-state index < -0.39 is 5.41 Å². The van der Waals surface area contributed by atoms with Crippen LogP contribution in [0.2, 0.25) is 0 Å². The molecule has 0 unspecified atom stereocenters. The van der Waals surface area contributed by atoms with E-state index in [-0.39, 0.29) is 0 Å². The van der Waals surface area contributed by atoms with Crippen molar-refractivity contribution < 1.29 is 0 Å². The van der Waals surface area contributed by atoms with Crippen LogP contribution in [0.5, 0.6) is 0 Å². The lowest BCUT2D eigenvalue weighted by Gasteiger charge is -2.31. The molecular formula is C29H29N3. The molecule has 0 N–H and O–H groups in total. The molecule has 0 atom stereocenters. The second-order valence-corrected chi connectivity index (χ2v) is 8.88. The Morgan fingerprint density at radius 2 is 1.50 bits per heavy atom.